The second-order valence-electron chi connectivity index (χ2n) is 19.2. The molecule has 7 aromatic carbocycles. The zero-order valence-corrected chi connectivity index (χ0v) is 45.9. The van der Waals surface area contributed by atoms with Gasteiger partial charge in [-0.1, -0.05) is 104 Å². The molecule has 0 atom stereocenters. The van der Waals surface area contributed by atoms with Crippen LogP contribution in [0.1, 0.15) is 107 Å². The third-order valence-electron chi connectivity index (χ3n) is 13.2. The van der Waals surface area contributed by atoms with E-state index in [2.05, 4.69) is 22.5 Å². The summed E-state index contributed by atoms with van der Waals surface area (Å²) in [4.78, 5) is 41.9. The molecule has 0 aliphatic carbocycles. The van der Waals surface area contributed by atoms with Gasteiger partial charge in [-0.05, 0) is 154 Å². The predicted molar refractivity (Wildman–Crippen MR) is 314 cm³/mol. The largest absolute Gasteiger partial charge is 0.493 e. The van der Waals surface area contributed by atoms with Crippen molar-refractivity contribution in [1.29, 1.82) is 10.8 Å². The van der Waals surface area contributed by atoms with Crippen LogP contribution in [0.4, 0.5) is 16.5 Å². The van der Waals surface area contributed by atoms with Crippen LogP contribution in [0.5, 0.6) is 17.2 Å². The highest BCUT2D eigenvalue weighted by molar-refractivity contribution is 7.22. The predicted octanol–water partition coefficient (Wildman–Crippen LogP) is 15.0. The van der Waals surface area contributed by atoms with Gasteiger partial charge < -0.3 is 45.1 Å². The van der Waals surface area contributed by atoms with Crippen molar-refractivity contribution in [3.63, 3.8) is 0 Å². The second-order valence-corrected chi connectivity index (χ2v) is 20.3. The number of ether oxygens (including phenoxy) is 5. The summed E-state index contributed by atoms with van der Waals surface area (Å²) in [6.07, 6.45) is 8.82. The molecule has 0 spiro atoms. The van der Waals surface area contributed by atoms with E-state index < -0.39 is 11.9 Å². The van der Waals surface area contributed by atoms with Gasteiger partial charge in [0.2, 0.25) is 5.91 Å². The summed E-state index contributed by atoms with van der Waals surface area (Å²) in [5.41, 5.74) is 7.42. The summed E-state index contributed by atoms with van der Waals surface area (Å²) in [6, 6.07) is 45.4. The number of carbonyl (C=O) groups is 3. The molecule has 1 aliphatic rings. The lowest BCUT2D eigenvalue weighted by Crippen LogP contribution is -2.45. The van der Waals surface area contributed by atoms with Gasteiger partial charge in [-0.15, -0.1) is 0 Å². The lowest BCUT2D eigenvalue weighted by atomic mass is 9.84. The van der Waals surface area contributed by atoms with E-state index in [4.69, 9.17) is 34.5 Å². The summed E-state index contributed by atoms with van der Waals surface area (Å²) < 4.78 is 29.8. The first-order chi connectivity index (χ1) is 37.9. The molecule has 0 radical (unpaired) electrons. The van der Waals surface area contributed by atoms with Gasteiger partial charge in [-0.25, -0.2) is 14.6 Å². The smallest absolute Gasteiger partial charge is 0.344 e. The molecular weight excluding hydrogens is 999 g/mol. The highest BCUT2D eigenvalue weighted by Gasteiger charge is 2.36. The molecule has 0 unspecified atom stereocenters. The molecule has 1 saturated heterocycles. The molecule has 0 saturated carbocycles. The highest BCUT2D eigenvalue weighted by atomic mass is 32.1. The Morgan fingerprint density at radius 2 is 1.27 bits per heavy atom. The molecule has 13 nitrogen and oxygen atoms in total. The number of amides is 1. The van der Waals surface area contributed by atoms with Crippen molar-refractivity contribution >= 4 is 79.1 Å². The summed E-state index contributed by atoms with van der Waals surface area (Å²) in [5, 5.41) is 24.4. The minimum absolute atomic E-state index is 0.0385. The van der Waals surface area contributed by atoms with E-state index >= 15 is 0 Å². The first-order valence-electron chi connectivity index (χ1n) is 26.5. The van der Waals surface area contributed by atoms with Crippen LogP contribution in [0.25, 0.3) is 21.0 Å². The molecule has 1 aliphatic heterocycles. The van der Waals surface area contributed by atoms with Gasteiger partial charge >= 0.3 is 11.9 Å². The van der Waals surface area contributed by atoms with Crippen molar-refractivity contribution in [1.82, 2.24) is 4.98 Å². The molecule has 404 valence electrons. The van der Waals surface area contributed by atoms with Gasteiger partial charge in [0.05, 0.1) is 47.8 Å². The number of anilines is 3. The molecule has 0 bridgehead atoms. The number of carbonyl (C=O) groups excluding carboxylic acids is 3. The van der Waals surface area contributed by atoms with Gasteiger partial charge in [0.1, 0.15) is 17.2 Å². The zero-order valence-electron chi connectivity index (χ0n) is 45.1. The van der Waals surface area contributed by atoms with E-state index in [9.17, 15) is 14.4 Å². The maximum atomic E-state index is 13.4. The molecule has 1 fully saturated rings. The average molecular weight is 1070 g/mol. The first-order valence-corrected chi connectivity index (χ1v) is 27.3. The van der Waals surface area contributed by atoms with Crippen molar-refractivity contribution in [3.8, 4) is 17.2 Å². The van der Waals surface area contributed by atoms with Crippen LogP contribution in [0.2, 0.25) is 0 Å². The standard InChI is InChI=1S/C41H46N2O7.C12H11N.C11H12N2OS/c1-5-41(25-47-26-41)24-46-18-8-6-7-9-19-48-38-17-14-31-32(35(38)23-43)12-13-33(34(31)22-42)40(45)50-37-16-11-30(21-29(37)4)39(44)49-36-15-10-27(2)20-28(36)3;1-3-7-11(8-4-1)13-12-9-5-2-6-10-12;1-2-5-10(14)13-11-12-8-6-3-4-7-9(8)15-11/h10-17,20-23,42-43H,5-9,18-19,24-26H2,1-4H3;1-10,13H;3-4,6-7H,2,5H2,1H3,(H,12,13,14). The van der Waals surface area contributed by atoms with Crippen LogP contribution < -0.4 is 24.8 Å². The Kier molecular flexibility index (Phi) is 21.4. The third kappa shape index (κ3) is 16.0. The Bertz CT molecular complexity index is 3230. The number of unbranched alkanes of at least 4 members (excludes halogenated alkanes) is 3. The molecule has 1 aromatic heterocycles. The van der Waals surface area contributed by atoms with Crippen molar-refractivity contribution in [3.05, 3.63) is 185 Å². The van der Waals surface area contributed by atoms with Gasteiger partial charge in [0.25, 0.3) is 0 Å². The Labute approximate surface area is 461 Å². The number of para-hydroxylation sites is 3. The fraction of sp³-hybridized carbons (Fsp3) is 0.281. The molecular formula is C64H69N5O8S. The summed E-state index contributed by atoms with van der Waals surface area (Å²) in [6.45, 7) is 13.4. The SMILES string of the molecule is CCC1(COCCCCCCOc2ccc3c(C=N)c(C(=O)Oc4ccc(C(=O)Oc5ccc(C)cc5C)cc4C)ccc3c2C=N)COC1.CCCC(=O)Nc1nc2ccccc2s1.c1ccc(Nc2ccccc2)cc1. The van der Waals surface area contributed by atoms with Crippen LogP contribution in [-0.2, 0) is 14.3 Å². The summed E-state index contributed by atoms with van der Waals surface area (Å²) in [7, 11) is 0. The molecule has 14 heteroatoms. The lowest BCUT2D eigenvalue weighted by Gasteiger charge is -2.40. The quantitative estimate of drug-likeness (QED) is 0.0221. The number of thiazole rings is 1. The van der Waals surface area contributed by atoms with Gasteiger partial charge in [0, 0.05) is 53.4 Å². The van der Waals surface area contributed by atoms with Crippen molar-refractivity contribution in [2.24, 2.45) is 5.41 Å². The second kappa shape index (κ2) is 28.9. The molecule has 8 aromatic rings. The summed E-state index contributed by atoms with van der Waals surface area (Å²) >= 11 is 1.51. The molecule has 9 rings (SSSR count). The fourth-order valence-electron chi connectivity index (χ4n) is 8.61. The number of hydrogen-bond acceptors (Lipinski definition) is 13. The first kappa shape index (κ1) is 57.7. The van der Waals surface area contributed by atoms with Crippen molar-refractivity contribution in [2.45, 2.75) is 79.6 Å². The maximum Gasteiger partial charge on any atom is 0.344 e. The van der Waals surface area contributed by atoms with E-state index in [-0.39, 0.29) is 16.9 Å². The van der Waals surface area contributed by atoms with Crippen LogP contribution in [0.3, 0.4) is 0 Å². The van der Waals surface area contributed by atoms with Crippen molar-refractivity contribution in [2.75, 3.05) is 43.7 Å². The highest BCUT2D eigenvalue weighted by Crippen LogP contribution is 2.33. The minimum Gasteiger partial charge on any atom is -0.493 e. The number of hydrogen-bond donors (Lipinski definition) is 4. The maximum absolute atomic E-state index is 13.4. The van der Waals surface area contributed by atoms with Crippen molar-refractivity contribution < 1.29 is 38.1 Å². The Morgan fingerprint density at radius 1 is 0.667 bits per heavy atom. The van der Waals surface area contributed by atoms with Gasteiger partial charge in [-0.3, -0.25) is 4.79 Å². The lowest BCUT2D eigenvalue weighted by molar-refractivity contribution is -0.150. The van der Waals surface area contributed by atoms with Gasteiger partial charge in [0.15, 0.2) is 5.13 Å². The van der Waals surface area contributed by atoms with E-state index in [1.807, 2.05) is 124 Å². The monoisotopic (exact) mass is 1070 g/mol. The minimum atomic E-state index is -0.636. The Balaban J connectivity index is 0.000000252. The number of fused-ring (bicyclic) bond motifs is 2. The number of nitrogens with one attached hydrogen (secondary N) is 4. The topological polar surface area (TPSA) is 182 Å². The van der Waals surface area contributed by atoms with Crippen LogP contribution >= 0.6 is 11.3 Å². The van der Waals surface area contributed by atoms with Crippen LogP contribution in [0, 0.1) is 37.0 Å². The average Bonchev–Trinajstić information content (AvgIpc) is 3.90. The number of esters is 2. The third-order valence-corrected chi connectivity index (χ3v) is 14.1. The molecule has 1 amide bonds. The normalized spacial score (nSPS) is 12.2. The number of aromatic nitrogens is 1. The number of benzene rings is 7. The van der Waals surface area contributed by atoms with E-state index in [0.717, 1.165) is 104 Å². The zero-order chi connectivity index (χ0) is 55.3. The number of rotatable bonds is 22. The van der Waals surface area contributed by atoms with Crippen LogP contribution in [-0.4, -0.2) is 68.3 Å². The Morgan fingerprint density at radius 3 is 1.88 bits per heavy atom. The molecule has 78 heavy (non-hydrogen) atoms. The van der Waals surface area contributed by atoms with E-state index in [1.54, 1.807) is 49.4 Å². The number of aryl methyl sites for hydroxylation is 3. The summed E-state index contributed by atoms with van der Waals surface area (Å²) in [5.74, 6) is 0.257. The van der Waals surface area contributed by atoms with Gasteiger partial charge in [-0.2, -0.15) is 0 Å². The molecule has 4 N–H and O–H groups in total. The fourth-order valence-corrected chi connectivity index (χ4v) is 9.50. The number of nitrogens with zero attached hydrogens (tertiary/aromatic N) is 1. The van der Waals surface area contributed by atoms with Crippen LogP contribution in [0.15, 0.2) is 146 Å². The Hall–Kier alpha value is -8.04. The van der Waals surface area contributed by atoms with E-state index in [1.165, 1.54) is 17.6 Å². The van der Waals surface area contributed by atoms with E-state index in [0.29, 0.717) is 68.4 Å². The molecule has 2 heterocycles.